The summed E-state index contributed by atoms with van der Waals surface area (Å²) in [6.45, 7) is 4.76. The molecule has 4 nitrogen and oxygen atoms in total. The van der Waals surface area contributed by atoms with E-state index in [9.17, 15) is 4.79 Å². The van der Waals surface area contributed by atoms with Crippen molar-refractivity contribution < 1.29 is 9.21 Å². The number of piperidine rings is 1. The Kier molecular flexibility index (Phi) is 5.45. The highest BCUT2D eigenvalue weighted by Gasteiger charge is 2.19. The van der Waals surface area contributed by atoms with E-state index in [2.05, 4.69) is 5.32 Å². The molecule has 1 aromatic rings. The van der Waals surface area contributed by atoms with Crippen molar-refractivity contribution in [3.8, 4) is 0 Å². The van der Waals surface area contributed by atoms with Crippen LogP contribution in [-0.4, -0.2) is 36.5 Å². The van der Waals surface area contributed by atoms with Crippen LogP contribution in [0.4, 0.5) is 0 Å². The SMILES string of the molecule is CCN(CC1CCCCN1)C(=O)CCc1ccco1. The molecular weight excluding hydrogens is 240 g/mol. The summed E-state index contributed by atoms with van der Waals surface area (Å²) >= 11 is 0. The van der Waals surface area contributed by atoms with Crippen LogP contribution in [0.3, 0.4) is 0 Å². The number of hydrogen-bond acceptors (Lipinski definition) is 3. The Balaban J connectivity index is 1.77. The molecule has 2 rings (SSSR count). The van der Waals surface area contributed by atoms with Crippen molar-refractivity contribution >= 4 is 5.91 Å². The first-order valence-electron chi connectivity index (χ1n) is 7.33. The number of carbonyl (C=O) groups is 1. The summed E-state index contributed by atoms with van der Waals surface area (Å²) < 4.78 is 5.26. The minimum absolute atomic E-state index is 0.228. The number of aryl methyl sites for hydroxylation is 1. The van der Waals surface area contributed by atoms with Gasteiger partial charge in [0.2, 0.25) is 5.91 Å². The van der Waals surface area contributed by atoms with Gasteiger partial charge in [-0.2, -0.15) is 0 Å². The molecule has 1 fully saturated rings. The molecule has 0 bridgehead atoms. The standard InChI is InChI=1S/C15H24N2O2/c1-2-17(12-13-6-3-4-10-16-13)15(18)9-8-14-7-5-11-19-14/h5,7,11,13,16H,2-4,6,8-10,12H2,1H3. The fraction of sp³-hybridized carbons (Fsp3) is 0.667. The third kappa shape index (κ3) is 4.39. The predicted molar refractivity (Wildman–Crippen MR) is 74.9 cm³/mol. The Hall–Kier alpha value is -1.29. The van der Waals surface area contributed by atoms with Crippen LogP contribution < -0.4 is 5.32 Å². The molecular formula is C15H24N2O2. The van der Waals surface area contributed by atoms with Gasteiger partial charge in [0, 0.05) is 32.0 Å². The van der Waals surface area contributed by atoms with E-state index in [1.165, 1.54) is 19.3 Å². The van der Waals surface area contributed by atoms with Crippen LogP contribution in [0, 0.1) is 0 Å². The molecule has 1 amide bonds. The van der Waals surface area contributed by atoms with E-state index < -0.39 is 0 Å². The summed E-state index contributed by atoms with van der Waals surface area (Å²) in [5, 5.41) is 3.50. The predicted octanol–water partition coefficient (Wildman–Crippen LogP) is 2.20. The van der Waals surface area contributed by atoms with Gasteiger partial charge in [0.25, 0.3) is 0 Å². The second-order valence-electron chi connectivity index (χ2n) is 5.16. The molecule has 0 saturated carbocycles. The van der Waals surface area contributed by atoms with Crippen molar-refractivity contribution in [1.82, 2.24) is 10.2 Å². The third-order valence-corrected chi connectivity index (χ3v) is 3.75. The smallest absolute Gasteiger partial charge is 0.223 e. The van der Waals surface area contributed by atoms with Crippen molar-refractivity contribution in [1.29, 1.82) is 0 Å². The molecule has 2 heterocycles. The molecule has 1 atom stereocenters. The second kappa shape index (κ2) is 7.34. The van der Waals surface area contributed by atoms with Gasteiger partial charge in [0.15, 0.2) is 0 Å². The average molecular weight is 264 g/mol. The summed E-state index contributed by atoms with van der Waals surface area (Å²) in [6, 6.07) is 4.26. The molecule has 1 N–H and O–H groups in total. The molecule has 0 aliphatic carbocycles. The minimum Gasteiger partial charge on any atom is -0.469 e. The molecule has 1 aliphatic heterocycles. The van der Waals surface area contributed by atoms with E-state index in [1.54, 1.807) is 6.26 Å². The zero-order chi connectivity index (χ0) is 13.5. The summed E-state index contributed by atoms with van der Waals surface area (Å²) in [4.78, 5) is 14.2. The van der Waals surface area contributed by atoms with Crippen LogP contribution in [0.25, 0.3) is 0 Å². The van der Waals surface area contributed by atoms with E-state index in [0.29, 0.717) is 18.9 Å². The van der Waals surface area contributed by atoms with Crippen LogP contribution in [-0.2, 0) is 11.2 Å². The van der Waals surface area contributed by atoms with Gasteiger partial charge in [-0.1, -0.05) is 6.42 Å². The van der Waals surface area contributed by atoms with Crippen molar-refractivity contribution in [2.24, 2.45) is 0 Å². The zero-order valence-corrected chi connectivity index (χ0v) is 11.7. The summed E-state index contributed by atoms with van der Waals surface area (Å²) in [6.07, 6.45) is 6.60. The maximum Gasteiger partial charge on any atom is 0.223 e. The molecule has 1 aromatic heterocycles. The fourth-order valence-corrected chi connectivity index (χ4v) is 2.60. The lowest BCUT2D eigenvalue weighted by atomic mass is 10.0. The first-order valence-corrected chi connectivity index (χ1v) is 7.33. The Morgan fingerprint density at radius 1 is 1.53 bits per heavy atom. The molecule has 4 heteroatoms. The maximum absolute atomic E-state index is 12.2. The van der Waals surface area contributed by atoms with Gasteiger partial charge < -0.3 is 14.6 Å². The van der Waals surface area contributed by atoms with E-state index >= 15 is 0 Å². The molecule has 0 radical (unpaired) electrons. The van der Waals surface area contributed by atoms with Gasteiger partial charge in [0.05, 0.1) is 6.26 Å². The third-order valence-electron chi connectivity index (χ3n) is 3.75. The van der Waals surface area contributed by atoms with Crippen LogP contribution in [0.1, 0.15) is 38.4 Å². The molecule has 1 saturated heterocycles. The minimum atomic E-state index is 0.228. The topological polar surface area (TPSA) is 45.5 Å². The van der Waals surface area contributed by atoms with Crippen molar-refractivity contribution in [3.63, 3.8) is 0 Å². The van der Waals surface area contributed by atoms with Crippen LogP contribution in [0.2, 0.25) is 0 Å². The second-order valence-corrected chi connectivity index (χ2v) is 5.16. The lowest BCUT2D eigenvalue weighted by Gasteiger charge is -2.30. The van der Waals surface area contributed by atoms with E-state index in [1.807, 2.05) is 24.0 Å². The highest BCUT2D eigenvalue weighted by molar-refractivity contribution is 5.76. The Labute approximate surface area is 115 Å². The number of amides is 1. The summed E-state index contributed by atoms with van der Waals surface area (Å²) in [5.41, 5.74) is 0. The number of likely N-dealkylation sites (N-methyl/N-ethyl adjacent to an activating group) is 1. The number of nitrogens with one attached hydrogen (secondary N) is 1. The molecule has 0 aromatic carbocycles. The number of hydrogen-bond donors (Lipinski definition) is 1. The first kappa shape index (κ1) is 14.1. The van der Waals surface area contributed by atoms with Gasteiger partial charge in [0.1, 0.15) is 5.76 Å². The Bertz CT molecular complexity index is 370. The van der Waals surface area contributed by atoms with Gasteiger partial charge in [-0.15, -0.1) is 0 Å². The Morgan fingerprint density at radius 3 is 3.05 bits per heavy atom. The van der Waals surface area contributed by atoms with Gasteiger partial charge in [-0.3, -0.25) is 4.79 Å². The van der Waals surface area contributed by atoms with Crippen molar-refractivity contribution in [2.75, 3.05) is 19.6 Å². The molecule has 1 unspecified atom stereocenters. The van der Waals surface area contributed by atoms with Crippen LogP contribution >= 0.6 is 0 Å². The molecule has 19 heavy (non-hydrogen) atoms. The van der Waals surface area contributed by atoms with Crippen molar-refractivity contribution in [2.45, 2.75) is 45.1 Å². The van der Waals surface area contributed by atoms with E-state index in [0.717, 1.165) is 25.4 Å². The monoisotopic (exact) mass is 264 g/mol. The Morgan fingerprint density at radius 2 is 2.42 bits per heavy atom. The summed E-state index contributed by atoms with van der Waals surface area (Å²) in [7, 11) is 0. The molecule has 1 aliphatic rings. The van der Waals surface area contributed by atoms with Crippen LogP contribution in [0.15, 0.2) is 22.8 Å². The largest absolute Gasteiger partial charge is 0.469 e. The van der Waals surface area contributed by atoms with Crippen LogP contribution in [0.5, 0.6) is 0 Å². The fourth-order valence-electron chi connectivity index (χ4n) is 2.60. The lowest BCUT2D eigenvalue weighted by Crippen LogP contribution is -2.45. The highest BCUT2D eigenvalue weighted by atomic mass is 16.3. The number of nitrogens with zero attached hydrogens (tertiary/aromatic N) is 1. The van der Waals surface area contributed by atoms with Gasteiger partial charge >= 0.3 is 0 Å². The van der Waals surface area contributed by atoms with Crippen molar-refractivity contribution in [3.05, 3.63) is 24.2 Å². The first-order chi connectivity index (χ1) is 9.29. The van der Waals surface area contributed by atoms with Gasteiger partial charge in [-0.05, 0) is 38.4 Å². The molecule has 106 valence electrons. The normalized spacial score (nSPS) is 19.3. The number of rotatable bonds is 6. The highest BCUT2D eigenvalue weighted by Crippen LogP contribution is 2.10. The average Bonchev–Trinajstić information content (AvgIpc) is 2.96. The summed E-state index contributed by atoms with van der Waals surface area (Å²) in [5.74, 6) is 1.12. The lowest BCUT2D eigenvalue weighted by molar-refractivity contribution is -0.131. The number of carbonyl (C=O) groups excluding carboxylic acids is 1. The number of furan rings is 1. The zero-order valence-electron chi connectivity index (χ0n) is 11.7. The van der Waals surface area contributed by atoms with E-state index in [-0.39, 0.29) is 5.91 Å². The maximum atomic E-state index is 12.2. The van der Waals surface area contributed by atoms with Gasteiger partial charge in [-0.25, -0.2) is 0 Å². The van der Waals surface area contributed by atoms with E-state index in [4.69, 9.17) is 4.42 Å². The molecule has 0 spiro atoms. The quantitative estimate of drug-likeness (QED) is 0.856.